The average Bonchev–Trinajstić information content (AvgIpc) is 3.05. The van der Waals surface area contributed by atoms with Gasteiger partial charge in [-0.1, -0.05) is 18.2 Å². The molecule has 2 aromatic rings. The topological polar surface area (TPSA) is 49.4 Å². The summed E-state index contributed by atoms with van der Waals surface area (Å²) in [6, 6.07) is 10.8. The van der Waals surface area contributed by atoms with Crippen LogP contribution in [-0.4, -0.2) is 29.3 Å². The second-order valence-corrected chi connectivity index (χ2v) is 7.74. The van der Waals surface area contributed by atoms with Crippen molar-refractivity contribution < 1.29 is 9.59 Å². The van der Waals surface area contributed by atoms with Crippen LogP contribution in [-0.2, 0) is 11.3 Å². The first-order valence-electron chi connectivity index (χ1n) is 8.02. The van der Waals surface area contributed by atoms with Gasteiger partial charge in [0.2, 0.25) is 5.91 Å². The van der Waals surface area contributed by atoms with E-state index in [0.29, 0.717) is 18.7 Å². The summed E-state index contributed by atoms with van der Waals surface area (Å²) in [6.07, 6.45) is 2.64. The fourth-order valence-electron chi connectivity index (χ4n) is 2.93. The summed E-state index contributed by atoms with van der Waals surface area (Å²) in [5.41, 5.74) is 0.638. The summed E-state index contributed by atoms with van der Waals surface area (Å²) in [4.78, 5) is 28.2. The van der Waals surface area contributed by atoms with Crippen molar-refractivity contribution >= 4 is 39.1 Å². The number of benzene rings is 1. The molecule has 3 rings (SSSR count). The second kappa shape index (κ2) is 7.94. The van der Waals surface area contributed by atoms with Crippen molar-refractivity contribution in [2.45, 2.75) is 31.8 Å². The first-order valence-corrected chi connectivity index (χ1v) is 9.69. The predicted molar refractivity (Wildman–Crippen MR) is 99.0 cm³/mol. The van der Waals surface area contributed by atoms with E-state index < -0.39 is 0 Å². The Balaban J connectivity index is 1.67. The van der Waals surface area contributed by atoms with Crippen molar-refractivity contribution in [3.63, 3.8) is 0 Å². The molecule has 24 heavy (non-hydrogen) atoms. The largest absolute Gasteiger partial charge is 0.349 e. The number of piperidine rings is 1. The molecule has 1 aromatic carbocycles. The summed E-state index contributed by atoms with van der Waals surface area (Å²) in [5, 5.41) is 4.97. The Morgan fingerprint density at radius 1 is 1.25 bits per heavy atom. The number of hydrogen-bond donors (Lipinski definition) is 1. The van der Waals surface area contributed by atoms with Crippen LogP contribution < -0.4 is 5.32 Å². The van der Waals surface area contributed by atoms with E-state index in [1.807, 2.05) is 29.6 Å². The molecule has 0 saturated carbocycles. The van der Waals surface area contributed by atoms with E-state index >= 15 is 0 Å². The summed E-state index contributed by atoms with van der Waals surface area (Å²) >= 11 is 5.02. The molecule has 0 radical (unpaired) electrons. The van der Waals surface area contributed by atoms with E-state index in [2.05, 4.69) is 21.2 Å². The van der Waals surface area contributed by atoms with Gasteiger partial charge in [0.1, 0.15) is 6.04 Å². The molecule has 1 aliphatic rings. The lowest BCUT2D eigenvalue weighted by Crippen LogP contribution is -2.51. The van der Waals surface area contributed by atoms with Crippen LogP contribution in [0.5, 0.6) is 0 Å². The second-order valence-electron chi connectivity index (χ2n) is 5.83. The Labute approximate surface area is 154 Å². The van der Waals surface area contributed by atoms with Crippen LogP contribution in [0.2, 0.25) is 0 Å². The van der Waals surface area contributed by atoms with Gasteiger partial charge in [-0.25, -0.2) is 0 Å². The van der Waals surface area contributed by atoms with E-state index in [-0.39, 0.29) is 17.9 Å². The van der Waals surface area contributed by atoms with Gasteiger partial charge in [0.05, 0.1) is 6.54 Å². The van der Waals surface area contributed by atoms with Crippen LogP contribution in [0.4, 0.5) is 0 Å². The molecular formula is C18H19BrN2O2S. The van der Waals surface area contributed by atoms with Gasteiger partial charge in [-0.2, -0.15) is 0 Å². The Morgan fingerprint density at radius 2 is 2.04 bits per heavy atom. The summed E-state index contributed by atoms with van der Waals surface area (Å²) in [5.74, 6) is -0.127. The zero-order chi connectivity index (χ0) is 16.9. The van der Waals surface area contributed by atoms with Gasteiger partial charge in [-0.15, -0.1) is 11.3 Å². The van der Waals surface area contributed by atoms with Crippen LogP contribution in [0.25, 0.3) is 0 Å². The Hall–Kier alpha value is -1.66. The number of nitrogens with one attached hydrogen (secondary N) is 1. The number of carbonyl (C=O) groups excluding carboxylic acids is 2. The number of rotatable bonds is 4. The molecule has 1 aromatic heterocycles. The summed E-state index contributed by atoms with van der Waals surface area (Å²) in [7, 11) is 0. The zero-order valence-electron chi connectivity index (χ0n) is 13.2. The number of nitrogens with zero attached hydrogens (tertiary/aromatic N) is 1. The number of thiophene rings is 1. The van der Waals surface area contributed by atoms with E-state index in [4.69, 9.17) is 0 Å². The molecule has 0 aliphatic carbocycles. The molecule has 126 valence electrons. The number of amides is 2. The van der Waals surface area contributed by atoms with Crippen LogP contribution in [0.1, 0.15) is 34.5 Å². The quantitative estimate of drug-likeness (QED) is 0.838. The minimum atomic E-state index is -0.380. The summed E-state index contributed by atoms with van der Waals surface area (Å²) < 4.78 is 1.02. The average molecular weight is 407 g/mol. The molecule has 0 spiro atoms. The van der Waals surface area contributed by atoms with Gasteiger partial charge in [-0.3, -0.25) is 9.59 Å². The highest BCUT2D eigenvalue weighted by Gasteiger charge is 2.32. The molecule has 1 atom stereocenters. The highest BCUT2D eigenvalue weighted by molar-refractivity contribution is 9.10. The smallest absolute Gasteiger partial charge is 0.254 e. The first kappa shape index (κ1) is 17.2. The number of hydrogen-bond acceptors (Lipinski definition) is 3. The highest BCUT2D eigenvalue weighted by Crippen LogP contribution is 2.22. The zero-order valence-corrected chi connectivity index (χ0v) is 15.6. The maximum atomic E-state index is 12.7. The molecule has 4 nitrogen and oxygen atoms in total. The van der Waals surface area contributed by atoms with Crippen LogP contribution >= 0.6 is 27.3 Å². The Morgan fingerprint density at radius 3 is 2.75 bits per heavy atom. The van der Waals surface area contributed by atoms with Gasteiger partial charge in [0, 0.05) is 26.8 Å². The van der Waals surface area contributed by atoms with Crippen molar-refractivity contribution in [3.8, 4) is 0 Å². The van der Waals surface area contributed by atoms with E-state index in [1.165, 1.54) is 0 Å². The maximum absolute atomic E-state index is 12.7. The highest BCUT2D eigenvalue weighted by atomic mass is 79.9. The van der Waals surface area contributed by atoms with Crippen molar-refractivity contribution in [2.75, 3.05) is 6.54 Å². The van der Waals surface area contributed by atoms with Crippen molar-refractivity contribution in [1.29, 1.82) is 0 Å². The fraction of sp³-hybridized carbons (Fsp3) is 0.333. The van der Waals surface area contributed by atoms with E-state index in [9.17, 15) is 9.59 Å². The minimum Gasteiger partial charge on any atom is -0.349 e. The Kier molecular flexibility index (Phi) is 5.68. The molecule has 1 N–H and O–H groups in total. The molecule has 1 saturated heterocycles. The van der Waals surface area contributed by atoms with E-state index in [1.54, 1.807) is 28.4 Å². The third-order valence-electron chi connectivity index (χ3n) is 4.15. The lowest BCUT2D eigenvalue weighted by Gasteiger charge is -2.34. The standard InChI is InChI=1S/C18H19BrN2O2S/c19-14-10-15(24-12-14)11-20-17(22)16-8-4-5-9-21(16)18(23)13-6-2-1-3-7-13/h1-3,6-7,10,12,16H,4-5,8-9,11H2,(H,20,22)/t16-/m1/s1. The molecule has 1 aliphatic heterocycles. The monoisotopic (exact) mass is 406 g/mol. The predicted octanol–water partition coefficient (Wildman–Crippen LogP) is 3.82. The van der Waals surface area contributed by atoms with Crippen molar-refractivity contribution in [3.05, 3.63) is 56.7 Å². The third kappa shape index (κ3) is 4.05. The molecule has 2 heterocycles. The van der Waals surface area contributed by atoms with Crippen molar-refractivity contribution in [2.24, 2.45) is 0 Å². The van der Waals surface area contributed by atoms with Gasteiger partial charge >= 0.3 is 0 Å². The van der Waals surface area contributed by atoms with Crippen molar-refractivity contribution in [1.82, 2.24) is 10.2 Å². The van der Waals surface area contributed by atoms with Crippen LogP contribution in [0, 0.1) is 0 Å². The minimum absolute atomic E-state index is 0.0608. The van der Waals surface area contributed by atoms with Gasteiger partial charge in [0.15, 0.2) is 0 Å². The van der Waals surface area contributed by atoms with Crippen LogP contribution in [0.15, 0.2) is 46.3 Å². The molecule has 0 bridgehead atoms. The number of halogens is 1. The molecule has 6 heteroatoms. The SMILES string of the molecule is O=C(NCc1cc(Br)cs1)[C@H]1CCCCN1C(=O)c1ccccc1. The van der Waals surface area contributed by atoms with Crippen LogP contribution in [0.3, 0.4) is 0 Å². The van der Waals surface area contributed by atoms with Gasteiger partial charge in [-0.05, 0) is 53.4 Å². The molecule has 0 unspecified atom stereocenters. The third-order valence-corrected chi connectivity index (χ3v) is 5.84. The normalized spacial score (nSPS) is 17.5. The lowest BCUT2D eigenvalue weighted by atomic mass is 10.00. The van der Waals surface area contributed by atoms with Gasteiger partial charge < -0.3 is 10.2 Å². The molecule has 2 amide bonds. The maximum Gasteiger partial charge on any atom is 0.254 e. The molecule has 1 fully saturated rings. The fourth-order valence-corrected chi connectivity index (χ4v) is 4.32. The van der Waals surface area contributed by atoms with Gasteiger partial charge in [0.25, 0.3) is 5.91 Å². The Bertz CT molecular complexity index is 717. The number of carbonyl (C=O) groups is 2. The molecular weight excluding hydrogens is 388 g/mol. The first-order chi connectivity index (χ1) is 11.6. The summed E-state index contributed by atoms with van der Waals surface area (Å²) in [6.45, 7) is 1.13. The lowest BCUT2D eigenvalue weighted by molar-refractivity contribution is -0.126. The number of likely N-dealkylation sites (tertiary alicyclic amines) is 1. The van der Waals surface area contributed by atoms with E-state index in [0.717, 1.165) is 28.6 Å².